The molecule has 1 rings (SSSR count). The molecule has 2 unspecified atom stereocenters. The molecular formula is C15H26N3O2PS. The van der Waals surface area contributed by atoms with Crippen LogP contribution in [0.3, 0.4) is 0 Å². The first kappa shape index (κ1) is 19.2. The Bertz CT molecular complexity index is 499. The van der Waals surface area contributed by atoms with Gasteiger partial charge in [0.1, 0.15) is 0 Å². The summed E-state index contributed by atoms with van der Waals surface area (Å²) in [6.07, 6.45) is 2.62. The summed E-state index contributed by atoms with van der Waals surface area (Å²) in [5.41, 5.74) is 0.834. The van der Waals surface area contributed by atoms with Gasteiger partial charge >= 0.3 is 0 Å². The van der Waals surface area contributed by atoms with Gasteiger partial charge in [-0.3, -0.25) is 9.24 Å². The van der Waals surface area contributed by atoms with Crippen molar-refractivity contribution in [3.05, 3.63) is 30.3 Å². The third-order valence-corrected chi connectivity index (χ3v) is 8.78. The van der Waals surface area contributed by atoms with Gasteiger partial charge in [-0.2, -0.15) is 0 Å². The number of rotatable bonds is 10. The molecule has 0 saturated carbocycles. The van der Waals surface area contributed by atoms with E-state index < -0.39 is 6.65 Å². The molecule has 1 N–H and O–H groups in total. The van der Waals surface area contributed by atoms with Crippen molar-refractivity contribution in [1.82, 2.24) is 9.76 Å². The van der Waals surface area contributed by atoms with Crippen LogP contribution in [0.25, 0.3) is 0 Å². The maximum absolute atomic E-state index is 13.2. The van der Waals surface area contributed by atoms with Crippen LogP contribution in [0, 0.1) is 0 Å². The van der Waals surface area contributed by atoms with Crippen LogP contribution >= 0.6 is 18.0 Å². The Morgan fingerprint density at radius 3 is 2.68 bits per heavy atom. The number of ether oxygens (including phenoxy) is 1. The Kier molecular flexibility index (Phi) is 8.79. The van der Waals surface area contributed by atoms with E-state index in [-0.39, 0.29) is 0 Å². The van der Waals surface area contributed by atoms with Crippen LogP contribution in [0.15, 0.2) is 35.3 Å². The summed E-state index contributed by atoms with van der Waals surface area (Å²) < 4.78 is 20.1. The summed E-state index contributed by atoms with van der Waals surface area (Å²) >= 11 is 1.46. The van der Waals surface area contributed by atoms with Gasteiger partial charge in [-0.1, -0.05) is 43.4 Å². The number of nitrogens with one attached hydrogen (secondary N) is 1. The molecule has 5 nitrogen and oxygen atoms in total. The zero-order valence-electron chi connectivity index (χ0n) is 13.7. The van der Waals surface area contributed by atoms with E-state index in [1.165, 1.54) is 11.4 Å². The molecule has 0 fully saturated rings. The number of benzene rings is 1. The second kappa shape index (κ2) is 10.1. The Morgan fingerprint density at radius 1 is 1.45 bits per heavy atom. The van der Waals surface area contributed by atoms with Crippen LogP contribution in [0.4, 0.5) is 5.69 Å². The fourth-order valence-corrected chi connectivity index (χ4v) is 6.26. The Labute approximate surface area is 137 Å². The molecule has 2 atom stereocenters. The molecule has 0 bridgehead atoms. The summed E-state index contributed by atoms with van der Waals surface area (Å²) in [6.45, 7) is 2.41. The fraction of sp³-hybridized carbons (Fsp3) is 0.533. The minimum Gasteiger partial charge on any atom is -0.383 e. The van der Waals surface area contributed by atoms with Crippen LogP contribution < -0.4 is 5.09 Å². The third kappa shape index (κ3) is 6.13. The average molecular weight is 343 g/mol. The van der Waals surface area contributed by atoms with Crippen LogP contribution in [0.1, 0.15) is 20.3 Å². The largest absolute Gasteiger partial charge is 0.383 e. The van der Waals surface area contributed by atoms with E-state index in [9.17, 15) is 4.57 Å². The van der Waals surface area contributed by atoms with Gasteiger partial charge in [0.05, 0.1) is 25.2 Å². The first-order chi connectivity index (χ1) is 10.6. The minimum atomic E-state index is -2.78. The highest BCUT2D eigenvalue weighted by Gasteiger charge is 2.29. The number of hydrogen-bond acceptors (Lipinski definition) is 4. The molecule has 0 saturated heterocycles. The number of nitrogens with zero attached hydrogens (tertiary/aromatic N) is 2. The minimum absolute atomic E-state index is 0.299. The van der Waals surface area contributed by atoms with Gasteiger partial charge in [0.25, 0.3) is 6.65 Å². The molecule has 7 heteroatoms. The molecule has 1 aromatic carbocycles. The second-order valence-electron chi connectivity index (χ2n) is 4.80. The summed E-state index contributed by atoms with van der Waals surface area (Å²) in [7, 11) is 3.37. The van der Waals surface area contributed by atoms with E-state index >= 15 is 0 Å². The monoisotopic (exact) mass is 343 g/mol. The molecule has 0 spiro atoms. The van der Waals surface area contributed by atoms with Gasteiger partial charge in [0.15, 0.2) is 0 Å². The molecule has 124 valence electrons. The molecular weight excluding hydrogens is 317 g/mol. The lowest BCUT2D eigenvalue weighted by Crippen LogP contribution is -2.27. The van der Waals surface area contributed by atoms with E-state index in [4.69, 9.17) is 4.74 Å². The zero-order chi connectivity index (χ0) is 16.4. The van der Waals surface area contributed by atoms with Gasteiger partial charge in [-0.25, -0.2) is 10.1 Å². The van der Waals surface area contributed by atoms with Gasteiger partial charge in [0, 0.05) is 12.4 Å². The first-order valence-corrected chi connectivity index (χ1v) is 10.5. The summed E-state index contributed by atoms with van der Waals surface area (Å²) in [5, 5.41) is 3.29. The summed E-state index contributed by atoms with van der Waals surface area (Å²) in [5.74, 6) is 0. The lowest BCUT2D eigenvalue weighted by Gasteiger charge is -2.30. The molecule has 0 radical (unpaired) electrons. The maximum atomic E-state index is 13.2. The number of methoxy groups -OCH3 is 1. The van der Waals surface area contributed by atoms with Crippen molar-refractivity contribution >= 4 is 30.1 Å². The number of aliphatic imine (C=N–C) groups is 1. The van der Waals surface area contributed by atoms with Crippen molar-refractivity contribution < 1.29 is 9.30 Å². The van der Waals surface area contributed by atoms with Crippen molar-refractivity contribution in [3.63, 3.8) is 0 Å². The van der Waals surface area contributed by atoms with Crippen LogP contribution in [-0.2, 0) is 9.30 Å². The predicted octanol–water partition coefficient (Wildman–Crippen LogP) is 4.15. The molecule has 0 aliphatic rings. The van der Waals surface area contributed by atoms with E-state index in [0.29, 0.717) is 18.4 Å². The molecule has 0 heterocycles. The molecule has 0 aliphatic heterocycles. The Balaban J connectivity index is 2.94. The molecule has 0 aliphatic carbocycles. The average Bonchev–Trinajstić information content (AvgIpc) is 2.55. The van der Waals surface area contributed by atoms with E-state index in [2.05, 4.69) is 23.9 Å². The van der Waals surface area contributed by atoms with Crippen molar-refractivity contribution in [2.24, 2.45) is 4.99 Å². The lowest BCUT2D eigenvalue weighted by molar-refractivity contribution is 0.192. The molecule has 0 aromatic heterocycles. The van der Waals surface area contributed by atoms with Crippen LogP contribution in [0.5, 0.6) is 0 Å². The summed E-state index contributed by atoms with van der Waals surface area (Å²) in [6, 6.07) is 9.63. The smallest absolute Gasteiger partial charge is 0.293 e. The predicted molar refractivity (Wildman–Crippen MR) is 97.2 cm³/mol. The van der Waals surface area contributed by atoms with E-state index in [0.717, 1.165) is 12.1 Å². The lowest BCUT2D eigenvalue weighted by atomic mass is 10.3. The Hall–Kier alpha value is -0.810. The van der Waals surface area contributed by atoms with Crippen molar-refractivity contribution in [2.75, 3.05) is 27.3 Å². The van der Waals surface area contributed by atoms with Crippen molar-refractivity contribution in [1.29, 1.82) is 0 Å². The van der Waals surface area contributed by atoms with Crippen molar-refractivity contribution in [2.45, 2.75) is 25.5 Å². The topological polar surface area (TPSA) is 53.9 Å². The molecule has 0 amide bonds. The molecule has 1 aromatic rings. The third-order valence-electron chi connectivity index (χ3n) is 3.14. The molecule has 22 heavy (non-hydrogen) atoms. The van der Waals surface area contributed by atoms with Gasteiger partial charge in [-0.05, 0) is 25.6 Å². The first-order valence-electron chi connectivity index (χ1n) is 7.38. The number of para-hydroxylation sites is 1. The quantitative estimate of drug-likeness (QED) is 0.393. The maximum Gasteiger partial charge on any atom is 0.293 e. The van der Waals surface area contributed by atoms with Crippen molar-refractivity contribution in [3.8, 4) is 0 Å². The Morgan fingerprint density at radius 2 is 2.14 bits per heavy atom. The summed E-state index contributed by atoms with van der Waals surface area (Å²) in [4.78, 5) is 4.43. The highest BCUT2D eigenvalue weighted by atomic mass is 32.7. The normalized spacial score (nSPS) is 15.6. The standard InChI is InChI=1S/C15H26N3O2PS/c1-5-14(2)22-21(19,16-3)18(11-12-20-4)13-17-15-9-7-6-8-10-15/h6-10,13-14H,5,11-12H2,1-4H3,(H,16,19). The van der Waals surface area contributed by atoms with Gasteiger partial charge in [0.2, 0.25) is 0 Å². The second-order valence-corrected chi connectivity index (χ2v) is 9.94. The van der Waals surface area contributed by atoms with E-state index in [1.807, 2.05) is 30.3 Å². The van der Waals surface area contributed by atoms with Gasteiger partial charge in [-0.15, -0.1) is 0 Å². The van der Waals surface area contributed by atoms with Crippen LogP contribution in [-0.4, -0.2) is 43.6 Å². The van der Waals surface area contributed by atoms with Gasteiger partial charge < -0.3 is 4.74 Å². The van der Waals surface area contributed by atoms with Crippen LogP contribution in [0.2, 0.25) is 0 Å². The van der Waals surface area contributed by atoms with E-state index in [1.54, 1.807) is 25.2 Å². The number of hydrogen-bond donors (Lipinski definition) is 1. The SMILES string of the molecule is CCC(C)SP(=O)(NC)N(C=Nc1ccccc1)CCOC. The highest BCUT2D eigenvalue weighted by Crippen LogP contribution is 2.59. The fourth-order valence-electron chi connectivity index (χ4n) is 1.65. The zero-order valence-corrected chi connectivity index (χ0v) is 15.4. The highest BCUT2D eigenvalue weighted by molar-refractivity contribution is 8.57.